The SMILES string of the molecule is c1ccc(-c2ccc(N(c3ccc4c(c3)-c3ccccc3C43c4ccccc4-n4c5ccccc5c5cccc3c54)c3ccccc3-c3ccccc3-c3ccccc3)cc2)cc1. The van der Waals surface area contributed by atoms with Crippen LogP contribution in [0.15, 0.2) is 243 Å². The van der Waals surface area contributed by atoms with Gasteiger partial charge >= 0.3 is 0 Å². The lowest BCUT2D eigenvalue weighted by atomic mass is 9.65. The fourth-order valence-corrected chi connectivity index (χ4v) is 11.0. The van der Waals surface area contributed by atoms with Crippen molar-refractivity contribution >= 4 is 38.9 Å². The number of para-hydroxylation sites is 4. The van der Waals surface area contributed by atoms with Gasteiger partial charge in [0.05, 0.1) is 27.8 Å². The molecule has 0 N–H and O–H groups in total. The van der Waals surface area contributed by atoms with Crippen LogP contribution in [0.4, 0.5) is 17.1 Å². The highest BCUT2D eigenvalue weighted by molar-refractivity contribution is 6.13. The van der Waals surface area contributed by atoms with Gasteiger partial charge in [-0.15, -0.1) is 0 Å². The van der Waals surface area contributed by atoms with E-state index in [1.54, 1.807) is 0 Å². The minimum absolute atomic E-state index is 0.514. The first-order valence-corrected chi connectivity index (χ1v) is 21.9. The summed E-state index contributed by atoms with van der Waals surface area (Å²) < 4.78 is 2.51. The summed E-state index contributed by atoms with van der Waals surface area (Å²) in [6.45, 7) is 0. The Bertz CT molecular complexity index is 3560. The molecule has 0 saturated carbocycles. The van der Waals surface area contributed by atoms with Crippen LogP contribution in [-0.4, -0.2) is 4.57 Å². The lowest BCUT2D eigenvalue weighted by Gasteiger charge is -2.39. The molecule has 13 rings (SSSR count). The largest absolute Gasteiger partial charge is 0.310 e. The molecule has 1 spiro atoms. The summed E-state index contributed by atoms with van der Waals surface area (Å²) >= 11 is 0. The molecule has 63 heavy (non-hydrogen) atoms. The first-order valence-electron chi connectivity index (χ1n) is 21.9. The van der Waals surface area contributed by atoms with Gasteiger partial charge in [-0.25, -0.2) is 0 Å². The number of nitrogens with zero attached hydrogens (tertiary/aromatic N) is 2. The molecular formula is C61H40N2. The molecule has 1 aliphatic carbocycles. The molecular weight excluding hydrogens is 761 g/mol. The fourth-order valence-electron chi connectivity index (χ4n) is 11.0. The van der Waals surface area contributed by atoms with Gasteiger partial charge in [-0.2, -0.15) is 0 Å². The number of benzene rings is 10. The van der Waals surface area contributed by atoms with Gasteiger partial charge in [0.1, 0.15) is 0 Å². The van der Waals surface area contributed by atoms with Crippen molar-refractivity contribution in [3.63, 3.8) is 0 Å². The summed E-state index contributed by atoms with van der Waals surface area (Å²) in [5.74, 6) is 0. The molecule has 0 amide bonds. The zero-order valence-corrected chi connectivity index (χ0v) is 34.5. The maximum atomic E-state index is 2.51. The van der Waals surface area contributed by atoms with Gasteiger partial charge in [0.2, 0.25) is 0 Å². The standard InChI is InChI=1S/C61H40N2/c1-3-18-41(19-4-1)42-34-36-44(37-35-42)62(57-31-14-10-25-49(57)47-23-8-7-22-46(47)43-20-5-2-6-21-43)45-38-39-54-52(40-45)48-24-9-12-28-53(48)61(54)55-29-13-16-33-59(55)63-58-32-15-11-26-50(58)51-27-17-30-56(61)60(51)63/h1-40H. The summed E-state index contributed by atoms with van der Waals surface area (Å²) in [5.41, 5.74) is 21.5. The van der Waals surface area contributed by atoms with Crippen molar-refractivity contribution < 1.29 is 0 Å². The molecule has 2 heteroatoms. The van der Waals surface area contributed by atoms with Gasteiger partial charge < -0.3 is 9.47 Å². The Morgan fingerprint density at radius 2 is 0.873 bits per heavy atom. The van der Waals surface area contributed by atoms with Gasteiger partial charge in [0.15, 0.2) is 0 Å². The summed E-state index contributed by atoms with van der Waals surface area (Å²) in [6, 6.07) is 89.5. The van der Waals surface area contributed by atoms with E-state index >= 15 is 0 Å². The number of aromatic nitrogens is 1. The van der Waals surface area contributed by atoms with Crippen molar-refractivity contribution in [2.45, 2.75) is 5.41 Å². The van der Waals surface area contributed by atoms with E-state index in [2.05, 4.69) is 252 Å². The third kappa shape index (κ3) is 5.13. The molecule has 294 valence electrons. The third-order valence-electron chi connectivity index (χ3n) is 13.6. The van der Waals surface area contributed by atoms with E-state index < -0.39 is 5.41 Å². The van der Waals surface area contributed by atoms with E-state index in [1.807, 2.05) is 0 Å². The zero-order valence-electron chi connectivity index (χ0n) is 34.5. The first-order chi connectivity index (χ1) is 31.3. The van der Waals surface area contributed by atoms with Gasteiger partial charge in [-0.05, 0) is 104 Å². The van der Waals surface area contributed by atoms with Gasteiger partial charge in [-0.1, -0.05) is 200 Å². The van der Waals surface area contributed by atoms with Crippen LogP contribution in [0.3, 0.4) is 0 Å². The maximum absolute atomic E-state index is 2.51. The third-order valence-corrected chi connectivity index (χ3v) is 13.6. The average Bonchev–Trinajstić information content (AvgIpc) is 3.85. The van der Waals surface area contributed by atoms with E-state index in [4.69, 9.17) is 0 Å². The van der Waals surface area contributed by atoms with E-state index in [0.29, 0.717) is 0 Å². The Hall–Kier alpha value is -8.20. The van der Waals surface area contributed by atoms with Crippen LogP contribution in [-0.2, 0) is 5.41 Å². The number of anilines is 3. The molecule has 2 heterocycles. The van der Waals surface area contributed by atoms with Crippen LogP contribution in [0, 0.1) is 0 Å². The number of hydrogen-bond acceptors (Lipinski definition) is 1. The van der Waals surface area contributed by atoms with Crippen molar-refractivity contribution in [3.8, 4) is 50.2 Å². The Kier molecular flexibility index (Phi) is 7.85. The molecule has 1 atom stereocenters. The average molecular weight is 801 g/mol. The smallest absolute Gasteiger partial charge is 0.0754 e. The Labute approximate surface area is 367 Å². The second-order valence-electron chi connectivity index (χ2n) is 16.8. The maximum Gasteiger partial charge on any atom is 0.0754 e. The van der Waals surface area contributed by atoms with Crippen molar-refractivity contribution in [2.75, 3.05) is 4.90 Å². The number of rotatable bonds is 6. The summed E-state index contributed by atoms with van der Waals surface area (Å²) in [4.78, 5) is 2.47. The first kappa shape index (κ1) is 35.5. The van der Waals surface area contributed by atoms with E-state index in [0.717, 1.165) is 17.1 Å². The predicted molar refractivity (Wildman–Crippen MR) is 263 cm³/mol. The number of fused-ring (bicyclic) bond motifs is 12. The summed E-state index contributed by atoms with van der Waals surface area (Å²) in [6.07, 6.45) is 0. The number of hydrogen-bond donors (Lipinski definition) is 0. The van der Waals surface area contributed by atoms with E-state index in [1.165, 1.54) is 94.3 Å². The van der Waals surface area contributed by atoms with Gasteiger partial charge in [-0.3, -0.25) is 0 Å². The second-order valence-corrected chi connectivity index (χ2v) is 16.8. The molecule has 11 aromatic rings. The van der Waals surface area contributed by atoms with Crippen molar-refractivity contribution in [1.82, 2.24) is 4.57 Å². The van der Waals surface area contributed by atoms with Crippen molar-refractivity contribution in [1.29, 1.82) is 0 Å². The molecule has 1 aliphatic heterocycles. The van der Waals surface area contributed by atoms with Crippen LogP contribution < -0.4 is 4.90 Å². The molecule has 1 unspecified atom stereocenters. The van der Waals surface area contributed by atoms with Crippen molar-refractivity contribution in [2.24, 2.45) is 0 Å². The van der Waals surface area contributed by atoms with Gasteiger partial charge in [0, 0.05) is 27.7 Å². The highest BCUT2D eigenvalue weighted by Gasteiger charge is 2.50. The van der Waals surface area contributed by atoms with Crippen LogP contribution >= 0.6 is 0 Å². The highest BCUT2D eigenvalue weighted by Crippen LogP contribution is 2.61. The van der Waals surface area contributed by atoms with Crippen LogP contribution in [0.2, 0.25) is 0 Å². The summed E-state index contributed by atoms with van der Waals surface area (Å²) in [5, 5.41) is 2.57. The molecule has 1 aromatic heterocycles. The van der Waals surface area contributed by atoms with Crippen LogP contribution in [0.25, 0.3) is 72.0 Å². The highest BCUT2D eigenvalue weighted by atomic mass is 15.1. The fraction of sp³-hybridized carbons (Fsp3) is 0.0164. The van der Waals surface area contributed by atoms with Gasteiger partial charge in [0.25, 0.3) is 0 Å². The van der Waals surface area contributed by atoms with E-state index in [9.17, 15) is 0 Å². The molecule has 10 aromatic carbocycles. The molecule has 0 fully saturated rings. The lowest BCUT2D eigenvalue weighted by molar-refractivity contribution is 0.748. The second kappa shape index (κ2) is 13.9. The Morgan fingerprint density at radius 1 is 0.317 bits per heavy atom. The molecule has 0 radical (unpaired) electrons. The normalized spacial score (nSPS) is 14.4. The Balaban J connectivity index is 1.07. The summed E-state index contributed by atoms with van der Waals surface area (Å²) in [7, 11) is 0. The van der Waals surface area contributed by atoms with Crippen LogP contribution in [0.5, 0.6) is 0 Å². The minimum atomic E-state index is -0.514. The monoisotopic (exact) mass is 800 g/mol. The molecule has 2 aliphatic rings. The predicted octanol–water partition coefficient (Wildman–Crippen LogP) is 15.9. The quantitative estimate of drug-likeness (QED) is 0.163. The lowest BCUT2D eigenvalue weighted by Crippen LogP contribution is -2.33. The van der Waals surface area contributed by atoms with E-state index in [-0.39, 0.29) is 0 Å². The topological polar surface area (TPSA) is 8.17 Å². The van der Waals surface area contributed by atoms with Crippen molar-refractivity contribution in [3.05, 3.63) is 265 Å². The minimum Gasteiger partial charge on any atom is -0.310 e. The Morgan fingerprint density at radius 3 is 1.68 bits per heavy atom. The van der Waals surface area contributed by atoms with Crippen LogP contribution in [0.1, 0.15) is 22.3 Å². The molecule has 0 saturated heterocycles. The molecule has 0 bridgehead atoms. The molecule has 2 nitrogen and oxygen atoms in total. The zero-order chi connectivity index (χ0) is 41.5.